The first-order valence-electron chi connectivity index (χ1n) is 13.5. The summed E-state index contributed by atoms with van der Waals surface area (Å²) in [5.74, 6) is 1.21. The molecular weight excluding hydrogens is 494 g/mol. The summed E-state index contributed by atoms with van der Waals surface area (Å²) in [7, 11) is -2.43. The summed E-state index contributed by atoms with van der Waals surface area (Å²) < 4.78 is 9.91. The number of rotatable bonds is 10. The van der Waals surface area contributed by atoms with Crippen LogP contribution in [0.25, 0.3) is 0 Å². The third-order valence-corrected chi connectivity index (χ3v) is 40.4. The van der Waals surface area contributed by atoms with Crippen LogP contribution in [0.2, 0.25) is 61.8 Å². The first-order valence-corrected chi connectivity index (χ1v) is 26.8. The Balaban J connectivity index is 2.96. The Morgan fingerprint density at radius 1 is 0.853 bits per heavy atom. The van der Waals surface area contributed by atoms with Crippen LogP contribution in [-0.2, 0) is 26.9 Å². The minimum absolute atomic E-state index is 0.0692. The Labute approximate surface area is 223 Å². The standard InChI is InChI=1S/C21H31OSi.2C4H11Si.Sc/c1-8-23(9-2,17-12-10-11-13-17)19-15-16(3)14-18(20(19)22-7)21(4,5)6;2*1-5(2,3)4;/h10-15H,8-9H2,1-7H3;2*1H2,2-4H3;. The number of benzene rings is 1. The van der Waals surface area contributed by atoms with E-state index in [1.54, 1.807) is 12.8 Å². The zero-order valence-corrected chi connectivity index (χ0v) is 29.6. The van der Waals surface area contributed by atoms with Crippen molar-refractivity contribution in [2.45, 2.75) is 109 Å². The maximum absolute atomic E-state index is 6.38. The fourth-order valence-electron chi connectivity index (χ4n) is 6.74. The first kappa shape index (κ1) is 30.2. The fraction of sp³-hybridized carbons (Fsp3) is 0.655. The second kappa shape index (κ2) is 10.8. The molecule has 1 aliphatic rings. The van der Waals surface area contributed by atoms with E-state index >= 15 is 0 Å². The van der Waals surface area contributed by atoms with Crippen LogP contribution in [0, 0.1) is 6.92 Å². The number of ether oxygens (including phenoxy) is 1. The normalized spacial score (nSPS) is 16.3. The summed E-state index contributed by atoms with van der Waals surface area (Å²) in [6.07, 6.45) is 10.3. The van der Waals surface area contributed by atoms with Crippen molar-refractivity contribution in [3.63, 3.8) is 0 Å². The fourth-order valence-corrected chi connectivity index (χ4v) is 45.8. The van der Waals surface area contributed by atoms with E-state index in [4.69, 9.17) is 4.74 Å². The average molecular weight is 547 g/mol. The molecule has 0 saturated heterocycles. The van der Waals surface area contributed by atoms with Gasteiger partial charge >= 0.3 is 225 Å². The van der Waals surface area contributed by atoms with Gasteiger partial charge in [0, 0.05) is 0 Å². The molecule has 0 aliphatic heterocycles. The predicted molar refractivity (Wildman–Crippen MR) is 160 cm³/mol. The number of methoxy groups -OCH3 is 1. The summed E-state index contributed by atoms with van der Waals surface area (Å²) >= 11 is -1.81. The van der Waals surface area contributed by atoms with Crippen LogP contribution in [0.15, 0.2) is 36.4 Å². The van der Waals surface area contributed by atoms with E-state index in [2.05, 4.69) is 117 Å². The van der Waals surface area contributed by atoms with Gasteiger partial charge in [-0.3, -0.25) is 0 Å². The van der Waals surface area contributed by atoms with E-state index in [9.17, 15) is 0 Å². The van der Waals surface area contributed by atoms with Crippen LogP contribution in [0.4, 0.5) is 0 Å². The number of allylic oxidation sites excluding steroid dienone is 4. The van der Waals surface area contributed by atoms with Gasteiger partial charge in [0.2, 0.25) is 0 Å². The summed E-state index contributed by atoms with van der Waals surface area (Å²) in [5, 5.41) is 1.61. The summed E-state index contributed by atoms with van der Waals surface area (Å²) in [4.78, 5) is 0. The number of hydrogen-bond acceptors (Lipinski definition) is 1. The topological polar surface area (TPSA) is 9.23 Å². The van der Waals surface area contributed by atoms with E-state index in [0.29, 0.717) is 2.79 Å². The van der Waals surface area contributed by atoms with E-state index in [0.717, 1.165) is 0 Å². The molecule has 0 heterocycles. The van der Waals surface area contributed by atoms with Crippen LogP contribution in [0.5, 0.6) is 5.75 Å². The molecule has 34 heavy (non-hydrogen) atoms. The third kappa shape index (κ3) is 6.28. The molecule has 190 valence electrons. The molecule has 2 rings (SSSR count). The minimum atomic E-state index is -1.98. The van der Waals surface area contributed by atoms with Crippen molar-refractivity contribution in [3.05, 3.63) is 47.6 Å². The first-order chi connectivity index (χ1) is 15.5. The summed E-state index contributed by atoms with van der Waals surface area (Å²) in [5.41, 5.74) is 2.86. The molecule has 0 spiro atoms. The van der Waals surface area contributed by atoms with Crippen LogP contribution in [-0.4, -0.2) is 31.3 Å². The molecule has 1 nitrogen and oxygen atoms in total. The Morgan fingerprint density at radius 3 is 1.68 bits per heavy atom. The van der Waals surface area contributed by atoms with Gasteiger partial charge in [-0.05, 0) is 0 Å². The van der Waals surface area contributed by atoms with E-state index in [1.807, 2.05) is 7.11 Å². The molecule has 0 N–H and O–H groups in total. The van der Waals surface area contributed by atoms with Crippen molar-refractivity contribution in [1.82, 2.24) is 0 Å². The molecule has 0 fully saturated rings. The molecule has 1 aromatic carbocycles. The van der Waals surface area contributed by atoms with E-state index < -0.39 is 45.7 Å². The van der Waals surface area contributed by atoms with Crippen molar-refractivity contribution in [2.24, 2.45) is 0 Å². The third-order valence-electron chi connectivity index (χ3n) is 8.05. The predicted octanol–water partition coefficient (Wildman–Crippen LogP) is 9.03. The molecule has 0 atom stereocenters. The van der Waals surface area contributed by atoms with Gasteiger partial charge in [0.05, 0.1) is 0 Å². The maximum atomic E-state index is 6.38. The second-order valence-electron chi connectivity index (χ2n) is 14.3. The number of hydrogen-bond donors (Lipinski definition) is 0. The molecule has 1 aromatic rings. The Kier molecular flexibility index (Phi) is 9.60. The summed E-state index contributed by atoms with van der Waals surface area (Å²) in [6.45, 7) is 30.1. The van der Waals surface area contributed by atoms with Gasteiger partial charge in [0.15, 0.2) is 0 Å². The SMILES string of the molecule is CC[Si](CC)(c1cc(C)cc(C(C)(C)C)c1OC)[C]1([Sc]([CH2][Si](C)(C)C)[CH2][Si](C)(C)C)C=CC=C1. The van der Waals surface area contributed by atoms with Crippen LogP contribution >= 0.6 is 0 Å². The molecule has 0 amide bonds. The molecule has 5 heteroatoms. The van der Waals surface area contributed by atoms with Crippen molar-refractivity contribution >= 4 is 29.4 Å². The monoisotopic (exact) mass is 546 g/mol. The quantitative estimate of drug-likeness (QED) is 0.266. The van der Waals surface area contributed by atoms with Crippen molar-refractivity contribution < 1.29 is 26.2 Å². The Hall–Kier alpha value is 0.0208. The second-order valence-corrected chi connectivity index (χ2v) is 38.7. The average Bonchev–Trinajstić information content (AvgIpc) is 3.17. The molecule has 0 unspecified atom stereocenters. The van der Waals surface area contributed by atoms with E-state index in [1.165, 1.54) is 29.0 Å². The van der Waals surface area contributed by atoms with Crippen LogP contribution < -0.4 is 9.92 Å². The molecular formula is C29H53OScSi3. The van der Waals surface area contributed by atoms with Gasteiger partial charge in [-0.1, -0.05) is 0 Å². The van der Waals surface area contributed by atoms with Gasteiger partial charge in [0.1, 0.15) is 0 Å². The van der Waals surface area contributed by atoms with Gasteiger partial charge in [-0.25, -0.2) is 0 Å². The van der Waals surface area contributed by atoms with Gasteiger partial charge in [-0.2, -0.15) is 0 Å². The van der Waals surface area contributed by atoms with Gasteiger partial charge in [-0.15, -0.1) is 0 Å². The molecule has 0 bridgehead atoms. The van der Waals surface area contributed by atoms with Crippen molar-refractivity contribution in [2.75, 3.05) is 7.11 Å². The zero-order chi connectivity index (χ0) is 26.2. The van der Waals surface area contributed by atoms with Gasteiger partial charge in [0.25, 0.3) is 0 Å². The zero-order valence-electron chi connectivity index (χ0n) is 24.8. The van der Waals surface area contributed by atoms with Crippen molar-refractivity contribution in [1.29, 1.82) is 0 Å². The van der Waals surface area contributed by atoms with Crippen LogP contribution in [0.1, 0.15) is 45.7 Å². The Bertz CT molecular complexity index is 881. The Morgan fingerprint density at radius 2 is 1.32 bits per heavy atom. The van der Waals surface area contributed by atoms with Crippen LogP contribution in [0.3, 0.4) is 0 Å². The van der Waals surface area contributed by atoms with E-state index in [-0.39, 0.29) is 5.41 Å². The molecule has 1 aliphatic carbocycles. The number of aryl methyl sites for hydroxylation is 1. The van der Waals surface area contributed by atoms with Gasteiger partial charge < -0.3 is 0 Å². The molecule has 0 saturated carbocycles. The summed E-state index contributed by atoms with van der Waals surface area (Å²) in [6, 6.07) is 7.53. The van der Waals surface area contributed by atoms with Crippen molar-refractivity contribution in [3.8, 4) is 5.75 Å². The molecule has 0 aromatic heterocycles. The molecule has 0 radical (unpaired) electrons.